The van der Waals surface area contributed by atoms with Crippen LogP contribution in [-0.2, 0) is 10.0 Å². The molecule has 0 aliphatic rings. The van der Waals surface area contributed by atoms with Crippen LogP contribution in [0, 0.1) is 0 Å². The molecule has 10 nitrogen and oxygen atoms in total. The number of pyridine rings is 2. The molecular formula is C20H14ClF3N4O6S. The molecule has 3 aromatic heterocycles. The molecule has 15 heteroatoms. The summed E-state index contributed by atoms with van der Waals surface area (Å²) < 4.78 is 80.7. The van der Waals surface area contributed by atoms with Gasteiger partial charge in [-0.3, -0.25) is 14.1 Å². The Hall–Kier alpha value is -3.78. The van der Waals surface area contributed by atoms with Gasteiger partial charge in [-0.05, 0) is 30.3 Å². The molecule has 0 saturated heterocycles. The van der Waals surface area contributed by atoms with Gasteiger partial charge in [-0.1, -0.05) is 16.8 Å². The number of rotatable bonds is 7. The first-order valence-electron chi connectivity index (χ1n) is 9.52. The van der Waals surface area contributed by atoms with Crippen molar-refractivity contribution in [2.75, 3.05) is 18.4 Å². The van der Waals surface area contributed by atoms with E-state index in [1.165, 1.54) is 49.8 Å². The summed E-state index contributed by atoms with van der Waals surface area (Å²) in [4.78, 5) is 16.5. The van der Waals surface area contributed by atoms with Gasteiger partial charge in [0.05, 0.1) is 17.5 Å². The fourth-order valence-electron chi connectivity index (χ4n) is 3.11. The van der Waals surface area contributed by atoms with Crippen molar-refractivity contribution >= 4 is 38.3 Å². The number of nitrogens with zero attached hydrogens (tertiary/aromatic N) is 3. The number of anilines is 1. The number of benzene rings is 1. The SMILES string of the molecule is COc1nc(OCC(F)(F)F)c(Cl)cc1-n1c(=O)ccc2cc(S(=O)(=O)Nc3ccon3)ccc21. The molecule has 3 heterocycles. The molecule has 0 aliphatic heterocycles. The zero-order chi connectivity index (χ0) is 25.4. The van der Waals surface area contributed by atoms with Gasteiger partial charge in [0.25, 0.3) is 15.6 Å². The van der Waals surface area contributed by atoms with Crippen molar-refractivity contribution in [2.45, 2.75) is 11.1 Å². The summed E-state index contributed by atoms with van der Waals surface area (Å²) in [7, 11) is -2.83. The van der Waals surface area contributed by atoms with Crippen LogP contribution in [0.25, 0.3) is 16.6 Å². The van der Waals surface area contributed by atoms with E-state index in [9.17, 15) is 26.4 Å². The van der Waals surface area contributed by atoms with Gasteiger partial charge < -0.3 is 14.0 Å². The highest BCUT2D eigenvalue weighted by Gasteiger charge is 2.29. The van der Waals surface area contributed by atoms with E-state index in [4.69, 9.17) is 16.3 Å². The highest BCUT2D eigenvalue weighted by atomic mass is 35.5. The van der Waals surface area contributed by atoms with Gasteiger partial charge in [-0.2, -0.15) is 18.2 Å². The molecule has 4 aromatic rings. The Balaban J connectivity index is 1.80. The molecule has 184 valence electrons. The summed E-state index contributed by atoms with van der Waals surface area (Å²) >= 11 is 6.07. The van der Waals surface area contributed by atoms with Crippen LogP contribution >= 0.6 is 11.6 Å². The maximum atomic E-state index is 12.8. The van der Waals surface area contributed by atoms with Crippen molar-refractivity contribution < 1.29 is 35.6 Å². The van der Waals surface area contributed by atoms with E-state index in [1.807, 2.05) is 0 Å². The Morgan fingerprint density at radius 3 is 2.57 bits per heavy atom. The van der Waals surface area contributed by atoms with Crippen molar-refractivity contribution in [3.05, 3.63) is 64.1 Å². The Morgan fingerprint density at radius 2 is 1.91 bits per heavy atom. The quantitative estimate of drug-likeness (QED) is 0.383. The second-order valence-electron chi connectivity index (χ2n) is 6.93. The highest BCUT2D eigenvalue weighted by Crippen LogP contribution is 2.33. The van der Waals surface area contributed by atoms with E-state index in [0.717, 1.165) is 10.6 Å². The molecule has 0 saturated carbocycles. The summed E-state index contributed by atoms with van der Waals surface area (Å²) in [6, 6.07) is 9.00. The van der Waals surface area contributed by atoms with Crippen LogP contribution < -0.4 is 19.8 Å². The van der Waals surface area contributed by atoms with E-state index < -0.39 is 34.2 Å². The number of ether oxygens (including phenoxy) is 2. The van der Waals surface area contributed by atoms with Crippen LogP contribution in [0.3, 0.4) is 0 Å². The molecule has 0 fully saturated rings. The van der Waals surface area contributed by atoms with Crippen molar-refractivity contribution in [1.29, 1.82) is 0 Å². The normalized spacial score (nSPS) is 12.0. The monoisotopic (exact) mass is 530 g/mol. The maximum Gasteiger partial charge on any atom is 0.422 e. The average Bonchev–Trinajstić information content (AvgIpc) is 3.29. The number of methoxy groups -OCH3 is 1. The van der Waals surface area contributed by atoms with Gasteiger partial charge in [0, 0.05) is 17.5 Å². The van der Waals surface area contributed by atoms with Crippen LogP contribution in [0.2, 0.25) is 5.02 Å². The maximum absolute atomic E-state index is 12.8. The van der Waals surface area contributed by atoms with Crippen LogP contribution in [0.4, 0.5) is 19.0 Å². The van der Waals surface area contributed by atoms with E-state index in [0.29, 0.717) is 5.39 Å². The number of hydrogen-bond acceptors (Lipinski definition) is 8. The molecule has 35 heavy (non-hydrogen) atoms. The summed E-state index contributed by atoms with van der Waals surface area (Å²) in [6.45, 7) is -1.63. The second-order valence-corrected chi connectivity index (χ2v) is 9.01. The third-order valence-corrected chi connectivity index (χ3v) is 6.17. The van der Waals surface area contributed by atoms with E-state index in [1.54, 1.807) is 0 Å². The van der Waals surface area contributed by atoms with Gasteiger partial charge in [0.1, 0.15) is 17.0 Å². The van der Waals surface area contributed by atoms with Gasteiger partial charge in [-0.25, -0.2) is 8.42 Å². The lowest BCUT2D eigenvalue weighted by Gasteiger charge is -2.16. The third-order valence-electron chi connectivity index (χ3n) is 4.55. The molecule has 0 spiro atoms. The first-order chi connectivity index (χ1) is 16.5. The van der Waals surface area contributed by atoms with Crippen molar-refractivity contribution in [3.63, 3.8) is 0 Å². The Morgan fingerprint density at radius 1 is 1.14 bits per heavy atom. The summed E-state index contributed by atoms with van der Waals surface area (Å²) in [5.41, 5.74) is -0.309. The minimum absolute atomic E-state index is 0.00351. The number of hydrogen-bond donors (Lipinski definition) is 1. The summed E-state index contributed by atoms with van der Waals surface area (Å²) in [6.07, 6.45) is -3.42. The lowest BCUT2D eigenvalue weighted by molar-refractivity contribution is -0.154. The van der Waals surface area contributed by atoms with E-state index in [-0.39, 0.29) is 32.8 Å². The Labute approximate surface area is 199 Å². The highest BCUT2D eigenvalue weighted by molar-refractivity contribution is 7.92. The number of nitrogens with one attached hydrogen (secondary N) is 1. The van der Waals surface area contributed by atoms with Gasteiger partial charge >= 0.3 is 6.18 Å². The van der Waals surface area contributed by atoms with E-state index >= 15 is 0 Å². The van der Waals surface area contributed by atoms with Gasteiger partial charge in [0.15, 0.2) is 12.4 Å². The molecule has 0 radical (unpaired) electrons. The molecule has 0 amide bonds. The topological polar surface area (TPSA) is 126 Å². The smallest absolute Gasteiger partial charge is 0.422 e. The van der Waals surface area contributed by atoms with Crippen molar-refractivity contribution in [2.24, 2.45) is 0 Å². The minimum Gasteiger partial charge on any atom is -0.479 e. The minimum atomic E-state index is -4.62. The van der Waals surface area contributed by atoms with Crippen LogP contribution in [0.15, 0.2) is 62.9 Å². The van der Waals surface area contributed by atoms with Gasteiger partial charge in [-0.15, -0.1) is 0 Å². The first-order valence-corrected chi connectivity index (χ1v) is 11.4. The van der Waals surface area contributed by atoms with Crippen molar-refractivity contribution in [1.82, 2.24) is 14.7 Å². The van der Waals surface area contributed by atoms with Gasteiger partial charge in [0.2, 0.25) is 11.8 Å². The first kappa shape index (κ1) is 24.3. The molecule has 0 atom stereocenters. The Kier molecular flexibility index (Phi) is 6.34. The fourth-order valence-corrected chi connectivity index (χ4v) is 4.34. The van der Waals surface area contributed by atoms with Crippen LogP contribution in [-0.4, -0.2) is 43.0 Å². The second kappa shape index (κ2) is 9.11. The summed E-state index contributed by atoms with van der Waals surface area (Å²) in [5, 5.41) is 3.53. The zero-order valence-corrected chi connectivity index (χ0v) is 19.1. The zero-order valence-electron chi connectivity index (χ0n) is 17.5. The lowest BCUT2D eigenvalue weighted by Crippen LogP contribution is -2.21. The number of sulfonamides is 1. The summed E-state index contributed by atoms with van der Waals surface area (Å²) in [5.74, 6) is -0.802. The molecule has 1 N–H and O–H groups in total. The lowest BCUT2D eigenvalue weighted by atomic mass is 10.2. The largest absolute Gasteiger partial charge is 0.479 e. The molecule has 0 unspecified atom stereocenters. The number of aromatic nitrogens is 3. The van der Waals surface area contributed by atoms with Crippen molar-refractivity contribution in [3.8, 4) is 17.4 Å². The molecule has 0 bridgehead atoms. The van der Waals surface area contributed by atoms with E-state index in [2.05, 4.69) is 24.1 Å². The fraction of sp³-hybridized carbons (Fsp3) is 0.150. The number of fused-ring (bicyclic) bond motifs is 1. The number of alkyl halides is 3. The van der Waals surface area contributed by atoms with Crippen LogP contribution in [0.1, 0.15) is 0 Å². The standard InChI is InChI=1S/C20H14ClF3N4O6S/c1-32-19-15(9-13(21)18(25-19)33-10-20(22,23)24)28-14-4-3-12(8-11(14)2-5-17(28)29)35(30,31)27-16-6-7-34-26-16/h2-9H,10H2,1H3,(H,26,27). The number of halogens is 4. The molecule has 1 aromatic carbocycles. The molecule has 4 rings (SSSR count). The predicted octanol–water partition coefficient (Wildman–Crippen LogP) is 3.78. The Bertz CT molecular complexity index is 1560. The molecular weight excluding hydrogens is 517 g/mol. The van der Waals surface area contributed by atoms with Crippen LogP contribution in [0.5, 0.6) is 11.8 Å². The average molecular weight is 531 g/mol. The molecule has 0 aliphatic carbocycles. The third kappa shape index (κ3) is 5.17. The predicted molar refractivity (Wildman–Crippen MR) is 118 cm³/mol.